The first-order valence-electron chi connectivity index (χ1n) is 12.5. The Bertz CT molecular complexity index is 1020. The molecular weight excluding hydrogens is 430 g/mol. The first-order chi connectivity index (χ1) is 16.8. The number of rotatable bonds is 10. The molecule has 1 unspecified atom stereocenters. The zero-order valence-corrected chi connectivity index (χ0v) is 19.5. The van der Waals surface area contributed by atoms with E-state index in [4.69, 9.17) is 14.2 Å². The maximum atomic E-state index is 6.14. The van der Waals surface area contributed by atoms with Crippen LogP contribution < -0.4 is 19.5 Å². The molecule has 2 heterocycles. The van der Waals surface area contributed by atoms with Crippen LogP contribution in [0.15, 0.2) is 42.5 Å². The van der Waals surface area contributed by atoms with Gasteiger partial charge in [0.1, 0.15) is 12.4 Å². The highest BCUT2D eigenvalue weighted by Crippen LogP contribution is 2.41. The number of tetrazole rings is 1. The minimum absolute atomic E-state index is 0.357. The number of nitrogens with one attached hydrogen (secondary N) is 2. The molecule has 5 rings (SSSR count). The third-order valence-electron chi connectivity index (χ3n) is 6.70. The highest BCUT2D eigenvalue weighted by atomic mass is 16.6. The number of benzene rings is 2. The molecule has 0 radical (unpaired) electrons. The lowest BCUT2D eigenvalue weighted by Gasteiger charge is -2.26. The first-order valence-corrected chi connectivity index (χ1v) is 12.5. The number of para-hydroxylation sites is 1. The summed E-state index contributed by atoms with van der Waals surface area (Å²) in [6.45, 7) is 1.81. The van der Waals surface area contributed by atoms with Crippen molar-refractivity contribution in [3.63, 3.8) is 0 Å². The van der Waals surface area contributed by atoms with E-state index < -0.39 is 0 Å². The van der Waals surface area contributed by atoms with E-state index in [1.54, 1.807) is 0 Å². The minimum atomic E-state index is -0.371. The number of fused-ring (bicyclic) bond motifs is 1. The molecule has 0 bridgehead atoms. The van der Waals surface area contributed by atoms with Crippen LogP contribution in [0.5, 0.6) is 17.2 Å². The van der Waals surface area contributed by atoms with Crippen molar-refractivity contribution in [3.05, 3.63) is 53.9 Å². The minimum Gasteiger partial charge on any atom is -0.494 e. The molecule has 1 aromatic heterocycles. The largest absolute Gasteiger partial charge is 0.494 e. The second-order valence-corrected chi connectivity index (χ2v) is 9.18. The van der Waals surface area contributed by atoms with Crippen LogP contribution in [0.4, 0.5) is 5.69 Å². The summed E-state index contributed by atoms with van der Waals surface area (Å²) in [5.41, 5.74) is 2.03. The van der Waals surface area contributed by atoms with Crippen LogP contribution in [0.1, 0.15) is 68.9 Å². The summed E-state index contributed by atoms with van der Waals surface area (Å²) in [6, 6.07) is 14.1. The van der Waals surface area contributed by atoms with Crippen molar-refractivity contribution in [2.45, 2.75) is 64.0 Å². The Balaban J connectivity index is 1.08. The molecule has 34 heavy (non-hydrogen) atoms. The molecule has 1 saturated carbocycles. The Labute approximate surface area is 200 Å². The Morgan fingerprint density at radius 3 is 2.74 bits per heavy atom. The van der Waals surface area contributed by atoms with Gasteiger partial charge in [-0.05, 0) is 59.0 Å². The fraction of sp³-hybridized carbons (Fsp3) is 0.500. The van der Waals surface area contributed by atoms with Crippen molar-refractivity contribution in [3.8, 4) is 17.2 Å². The van der Waals surface area contributed by atoms with Crippen LogP contribution in [0.2, 0.25) is 0 Å². The zero-order valence-electron chi connectivity index (χ0n) is 19.5. The van der Waals surface area contributed by atoms with Gasteiger partial charge < -0.3 is 19.5 Å². The second kappa shape index (κ2) is 11.2. The maximum Gasteiger partial charge on any atom is 0.193 e. The zero-order chi connectivity index (χ0) is 23.0. The lowest BCUT2D eigenvalue weighted by atomic mass is 9.86. The van der Waals surface area contributed by atoms with E-state index in [0.717, 1.165) is 35.9 Å². The van der Waals surface area contributed by atoms with Crippen molar-refractivity contribution in [2.75, 3.05) is 18.5 Å². The average molecular weight is 464 g/mol. The monoisotopic (exact) mass is 463 g/mol. The first kappa shape index (κ1) is 22.5. The predicted octanol–water partition coefficient (Wildman–Crippen LogP) is 5.45. The maximum absolute atomic E-state index is 6.14. The van der Waals surface area contributed by atoms with Gasteiger partial charge in [0.2, 0.25) is 0 Å². The number of ether oxygens (including phenoxy) is 3. The summed E-state index contributed by atoms with van der Waals surface area (Å²) in [7, 11) is 0. The van der Waals surface area contributed by atoms with E-state index in [0.29, 0.717) is 30.5 Å². The van der Waals surface area contributed by atoms with E-state index >= 15 is 0 Å². The van der Waals surface area contributed by atoms with E-state index in [1.165, 1.54) is 44.9 Å². The standard InChI is InChI=1S/C26H33N5O3/c1-2-7-19(8-3-1)9-4-5-16-32-21-14-12-20(13-15-21)17-27-22-10-6-11-23-25(22)34-24(18-33-23)26-28-30-31-29-26/h6,10-15,19,24,27H,1-5,7-9,16-18H2,(H,28,29,30,31). The molecule has 0 amide bonds. The Kier molecular flexibility index (Phi) is 7.43. The quantitative estimate of drug-likeness (QED) is 0.386. The Morgan fingerprint density at radius 2 is 1.91 bits per heavy atom. The van der Waals surface area contributed by atoms with Crippen molar-refractivity contribution in [2.24, 2.45) is 5.92 Å². The number of aromatic nitrogens is 4. The summed E-state index contributed by atoms with van der Waals surface area (Å²) in [6.07, 6.45) is 10.5. The molecule has 1 aliphatic heterocycles. The molecule has 0 saturated heterocycles. The van der Waals surface area contributed by atoms with Gasteiger partial charge in [-0.2, -0.15) is 0 Å². The molecule has 2 aliphatic rings. The molecule has 180 valence electrons. The van der Waals surface area contributed by atoms with E-state index in [9.17, 15) is 0 Å². The molecule has 1 aliphatic carbocycles. The van der Waals surface area contributed by atoms with Gasteiger partial charge >= 0.3 is 0 Å². The van der Waals surface area contributed by atoms with Gasteiger partial charge in [-0.15, -0.1) is 5.10 Å². The molecule has 0 spiro atoms. The SMILES string of the molecule is c1cc(NCc2ccc(OCCCCC3CCCCC3)cc2)c2c(c1)OCC(c1nnn[nH]1)O2. The number of nitrogens with zero attached hydrogens (tertiary/aromatic N) is 3. The third-order valence-corrected chi connectivity index (χ3v) is 6.70. The van der Waals surface area contributed by atoms with Crippen LogP contribution in [-0.2, 0) is 6.54 Å². The normalized spacial score (nSPS) is 17.9. The third kappa shape index (κ3) is 5.79. The number of hydrogen-bond acceptors (Lipinski definition) is 7. The van der Waals surface area contributed by atoms with E-state index in [1.807, 2.05) is 30.3 Å². The number of H-pyrrole nitrogens is 1. The van der Waals surface area contributed by atoms with E-state index in [2.05, 4.69) is 38.1 Å². The van der Waals surface area contributed by atoms with Crippen molar-refractivity contribution in [1.29, 1.82) is 0 Å². The molecule has 8 heteroatoms. The van der Waals surface area contributed by atoms with Crippen LogP contribution in [-0.4, -0.2) is 33.8 Å². The van der Waals surface area contributed by atoms with Crippen molar-refractivity contribution < 1.29 is 14.2 Å². The lowest BCUT2D eigenvalue weighted by molar-refractivity contribution is 0.0860. The summed E-state index contributed by atoms with van der Waals surface area (Å²) in [5.74, 6) is 3.81. The topological polar surface area (TPSA) is 94.2 Å². The van der Waals surface area contributed by atoms with Gasteiger partial charge in [0.25, 0.3) is 0 Å². The molecule has 2 aromatic carbocycles. The molecule has 1 fully saturated rings. The van der Waals surface area contributed by atoms with Crippen LogP contribution in [0, 0.1) is 5.92 Å². The average Bonchev–Trinajstić information content (AvgIpc) is 3.43. The van der Waals surface area contributed by atoms with Crippen molar-refractivity contribution >= 4 is 5.69 Å². The van der Waals surface area contributed by atoms with Gasteiger partial charge in [0.05, 0.1) is 12.3 Å². The number of unbranched alkanes of at least 4 members (excludes halogenated alkanes) is 1. The Hall–Kier alpha value is -3.29. The smallest absolute Gasteiger partial charge is 0.193 e. The summed E-state index contributed by atoms with van der Waals surface area (Å²) >= 11 is 0. The summed E-state index contributed by atoms with van der Waals surface area (Å²) in [5, 5.41) is 17.4. The van der Waals surface area contributed by atoms with Gasteiger partial charge in [-0.3, -0.25) is 0 Å². The lowest BCUT2D eigenvalue weighted by Crippen LogP contribution is -2.23. The highest BCUT2D eigenvalue weighted by Gasteiger charge is 2.27. The van der Waals surface area contributed by atoms with Crippen molar-refractivity contribution in [1.82, 2.24) is 20.6 Å². The van der Waals surface area contributed by atoms with Crippen LogP contribution in [0.3, 0.4) is 0 Å². The second-order valence-electron chi connectivity index (χ2n) is 9.18. The molecule has 3 aromatic rings. The fourth-order valence-electron chi connectivity index (χ4n) is 4.77. The number of hydrogen-bond donors (Lipinski definition) is 2. The summed E-state index contributed by atoms with van der Waals surface area (Å²) in [4.78, 5) is 0. The molecule has 1 atom stereocenters. The molecule has 2 N–H and O–H groups in total. The van der Waals surface area contributed by atoms with Crippen LogP contribution >= 0.6 is 0 Å². The van der Waals surface area contributed by atoms with Crippen LogP contribution in [0.25, 0.3) is 0 Å². The fourth-order valence-corrected chi connectivity index (χ4v) is 4.77. The van der Waals surface area contributed by atoms with Gasteiger partial charge in [0.15, 0.2) is 23.4 Å². The molecule has 8 nitrogen and oxygen atoms in total. The highest BCUT2D eigenvalue weighted by molar-refractivity contribution is 5.64. The summed E-state index contributed by atoms with van der Waals surface area (Å²) < 4.78 is 18.0. The van der Waals surface area contributed by atoms with E-state index in [-0.39, 0.29) is 6.10 Å². The molecular formula is C26H33N5O3. The number of anilines is 1. The van der Waals surface area contributed by atoms with Gasteiger partial charge in [0, 0.05) is 6.54 Å². The Morgan fingerprint density at radius 1 is 1.03 bits per heavy atom. The number of aromatic amines is 1. The van der Waals surface area contributed by atoms with Gasteiger partial charge in [-0.1, -0.05) is 56.7 Å². The predicted molar refractivity (Wildman–Crippen MR) is 129 cm³/mol. The van der Waals surface area contributed by atoms with Gasteiger partial charge in [-0.25, -0.2) is 5.10 Å².